The molecule has 31 heavy (non-hydrogen) atoms. The number of rotatable bonds is 7. The van der Waals surface area contributed by atoms with E-state index in [1.54, 1.807) is 48.5 Å². The number of nitrogens with one attached hydrogen (secondary N) is 3. The van der Waals surface area contributed by atoms with Gasteiger partial charge in [0.2, 0.25) is 0 Å². The van der Waals surface area contributed by atoms with Crippen molar-refractivity contribution < 1.29 is 19.1 Å². The summed E-state index contributed by atoms with van der Waals surface area (Å²) in [5, 5.41) is 8.57. The normalized spacial score (nSPS) is 15.4. The monoisotopic (exact) mass is 441 g/mol. The molecule has 8 heteroatoms. The summed E-state index contributed by atoms with van der Waals surface area (Å²) in [7, 11) is 0. The molecular formula is C23H27N3O4S. The largest absolute Gasteiger partial charge is 0.491 e. The molecule has 3 N–H and O–H groups in total. The molecule has 2 amide bonds. The molecule has 7 nitrogen and oxygen atoms in total. The van der Waals surface area contributed by atoms with E-state index >= 15 is 0 Å². The summed E-state index contributed by atoms with van der Waals surface area (Å²) >= 11 is 5.27. The van der Waals surface area contributed by atoms with Crippen LogP contribution in [-0.4, -0.2) is 42.3 Å². The van der Waals surface area contributed by atoms with Crippen molar-refractivity contribution in [2.75, 3.05) is 18.5 Å². The minimum atomic E-state index is -0.353. The zero-order chi connectivity index (χ0) is 22.2. The molecule has 1 fully saturated rings. The van der Waals surface area contributed by atoms with Crippen molar-refractivity contribution >= 4 is 34.8 Å². The third kappa shape index (κ3) is 6.77. The lowest BCUT2D eigenvalue weighted by Gasteiger charge is -2.15. The summed E-state index contributed by atoms with van der Waals surface area (Å²) in [5.41, 5.74) is 1.40. The maximum absolute atomic E-state index is 12.6. The highest BCUT2D eigenvalue weighted by Gasteiger charge is 2.18. The summed E-state index contributed by atoms with van der Waals surface area (Å²) in [4.78, 5) is 25.1. The van der Waals surface area contributed by atoms with Gasteiger partial charge in [0.25, 0.3) is 11.8 Å². The van der Waals surface area contributed by atoms with Crippen LogP contribution in [0.15, 0.2) is 48.5 Å². The van der Waals surface area contributed by atoms with Gasteiger partial charge in [0.1, 0.15) is 5.75 Å². The first-order valence-electron chi connectivity index (χ1n) is 10.3. The maximum Gasteiger partial charge on any atom is 0.257 e. The average molecular weight is 442 g/mol. The van der Waals surface area contributed by atoms with E-state index in [-0.39, 0.29) is 29.1 Å². The van der Waals surface area contributed by atoms with Crippen LogP contribution >= 0.6 is 12.2 Å². The highest BCUT2D eigenvalue weighted by Crippen LogP contribution is 2.17. The Morgan fingerprint density at radius 2 is 1.87 bits per heavy atom. The van der Waals surface area contributed by atoms with Crippen LogP contribution in [-0.2, 0) is 4.74 Å². The quantitative estimate of drug-likeness (QED) is 0.570. The molecule has 0 radical (unpaired) electrons. The molecule has 1 aliphatic heterocycles. The van der Waals surface area contributed by atoms with Crippen molar-refractivity contribution in [2.24, 2.45) is 0 Å². The van der Waals surface area contributed by atoms with Crippen molar-refractivity contribution in [3.05, 3.63) is 59.7 Å². The van der Waals surface area contributed by atoms with E-state index in [0.29, 0.717) is 29.1 Å². The minimum absolute atomic E-state index is 0.0550. The first-order chi connectivity index (χ1) is 14.9. The third-order valence-electron chi connectivity index (χ3n) is 4.65. The molecule has 2 aromatic carbocycles. The van der Waals surface area contributed by atoms with Gasteiger partial charge in [-0.15, -0.1) is 0 Å². The van der Waals surface area contributed by atoms with Crippen molar-refractivity contribution in [1.82, 2.24) is 10.6 Å². The summed E-state index contributed by atoms with van der Waals surface area (Å²) < 4.78 is 11.1. The van der Waals surface area contributed by atoms with Crippen LogP contribution in [0.3, 0.4) is 0 Å². The first kappa shape index (κ1) is 22.7. The SMILES string of the molecule is CC(C)Oc1ccc(C(=O)NC(=S)Nc2ccccc2C(=O)NCC2CCCO2)cc1. The topological polar surface area (TPSA) is 88.7 Å². The lowest BCUT2D eigenvalue weighted by Crippen LogP contribution is -2.35. The first-order valence-corrected chi connectivity index (χ1v) is 10.7. The lowest BCUT2D eigenvalue weighted by atomic mass is 10.1. The number of anilines is 1. The molecule has 1 heterocycles. The molecule has 0 spiro atoms. The Balaban J connectivity index is 1.57. The lowest BCUT2D eigenvalue weighted by molar-refractivity contribution is 0.0858. The fourth-order valence-electron chi connectivity index (χ4n) is 3.18. The van der Waals surface area contributed by atoms with Crippen molar-refractivity contribution in [3.63, 3.8) is 0 Å². The predicted octanol–water partition coefficient (Wildman–Crippen LogP) is 3.51. The Morgan fingerprint density at radius 3 is 2.55 bits per heavy atom. The number of benzene rings is 2. The molecule has 1 unspecified atom stereocenters. The number of ether oxygens (including phenoxy) is 2. The number of hydrogen-bond donors (Lipinski definition) is 3. The van der Waals surface area contributed by atoms with Gasteiger partial charge in [0, 0.05) is 18.7 Å². The van der Waals surface area contributed by atoms with Crippen molar-refractivity contribution in [2.45, 2.75) is 38.9 Å². The minimum Gasteiger partial charge on any atom is -0.491 e. The highest BCUT2D eigenvalue weighted by atomic mass is 32.1. The zero-order valence-corrected chi connectivity index (χ0v) is 18.5. The van der Waals surface area contributed by atoms with Crippen LogP contribution in [0.1, 0.15) is 47.4 Å². The Labute approximate surface area is 187 Å². The number of hydrogen-bond acceptors (Lipinski definition) is 5. The second kappa shape index (κ2) is 10.9. The highest BCUT2D eigenvalue weighted by molar-refractivity contribution is 7.80. The number of para-hydroxylation sites is 1. The summed E-state index contributed by atoms with van der Waals surface area (Å²) in [5.74, 6) is 0.109. The molecule has 1 aliphatic rings. The molecule has 0 bridgehead atoms. The van der Waals surface area contributed by atoms with Gasteiger partial charge in [-0.05, 0) is 75.3 Å². The molecule has 2 aromatic rings. The van der Waals surface area contributed by atoms with E-state index in [1.807, 2.05) is 13.8 Å². The van der Waals surface area contributed by atoms with Gasteiger partial charge in [-0.2, -0.15) is 0 Å². The van der Waals surface area contributed by atoms with Crippen LogP contribution in [0.5, 0.6) is 5.75 Å². The van der Waals surface area contributed by atoms with Crippen LogP contribution in [0.4, 0.5) is 5.69 Å². The number of carbonyl (C=O) groups excluding carboxylic acids is 2. The molecule has 164 valence electrons. The van der Waals surface area contributed by atoms with Crippen LogP contribution < -0.4 is 20.7 Å². The standard InChI is InChI=1S/C23H27N3O4S/c1-15(2)30-17-11-9-16(10-12-17)21(27)26-23(31)25-20-8-4-3-7-19(20)22(28)24-14-18-6-5-13-29-18/h3-4,7-12,15,18H,5-6,13-14H2,1-2H3,(H,24,28)(H2,25,26,27,31). The van der Waals surface area contributed by atoms with Gasteiger partial charge in [0.05, 0.1) is 23.5 Å². The van der Waals surface area contributed by atoms with Gasteiger partial charge in [-0.25, -0.2) is 0 Å². The van der Waals surface area contributed by atoms with E-state index in [1.165, 1.54) is 0 Å². The second-order valence-corrected chi connectivity index (χ2v) is 7.90. The van der Waals surface area contributed by atoms with E-state index in [4.69, 9.17) is 21.7 Å². The fraction of sp³-hybridized carbons (Fsp3) is 0.348. The Hall–Kier alpha value is -2.97. The zero-order valence-electron chi connectivity index (χ0n) is 17.6. The Kier molecular flexibility index (Phi) is 7.97. The summed E-state index contributed by atoms with van der Waals surface area (Å²) in [6, 6.07) is 13.8. The van der Waals surface area contributed by atoms with Gasteiger partial charge >= 0.3 is 0 Å². The fourth-order valence-corrected chi connectivity index (χ4v) is 3.39. The van der Waals surface area contributed by atoms with Crippen LogP contribution in [0, 0.1) is 0 Å². The average Bonchev–Trinajstić information content (AvgIpc) is 3.26. The van der Waals surface area contributed by atoms with E-state index in [0.717, 1.165) is 19.4 Å². The summed E-state index contributed by atoms with van der Waals surface area (Å²) in [6.45, 7) is 5.07. The number of thiocarbonyl (C=S) groups is 1. The number of carbonyl (C=O) groups is 2. The Bertz CT molecular complexity index is 925. The molecule has 0 aliphatic carbocycles. The van der Waals surface area contributed by atoms with Gasteiger partial charge < -0.3 is 20.1 Å². The van der Waals surface area contributed by atoms with Crippen molar-refractivity contribution in [1.29, 1.82) is 0 Å². The smallest absolute Gasteiger partial charge is 0.257 e. The molecule has 3 rings (SSSR count). The third-order valence-corrected chi connectivity index (χ3v) is 4.85. The molecule has 1 atom stereocenters. The van der Waals surface area contributed by atoms with Crippen LogP contribution in [0.2, 0.25) is 0 Å². The molecular weight excluding hydrogens is 414 g/mol. The van der Waals surface area contributed by atoms with E-state index in [2.05, 4.69) is 16.0 Å². The molecule has 1 saturated heterocycles. The van der Waals surface area contributed by atoms with Gasteiger partial charge in [0.15, 0.2) is 5.11 Å². The number of amides is 2. The Morgan fingerprint density at radius 1 is 1.13 bits per heavy atom. The van der Waals surface area contributed by atoms with Crippen LogP contribution in [0.25, 0.3) is 0 Å². The molecule has 0 saturated carbocycles. The van der Waals surface area contributed by atoms with E-state index in [9.17, 15) is 9.59 Å². The second-order valence-electron chi connectivity index (χ2n) is 7.49. The maximum atomic E-state index is 12.6. The molecule has 0 aromatic heterocycles. The summed E-state index contributed by atoms with van der Waals surface area (Å²) in [6.07, 6.45) is 2.07. The van der Waals surface area contributed by atoms with Gasteiger partial charge in [-0.1, -0.05) is 12.1 Å². The van der Waals surface area contributed by atoms with Gasteiger partial charge in [-0.3, -0.25) is 14.9 Å². The van der Waals surface area contributed by atoms with Crippen molar-refractivity contribution in [3.8, 4) is 5.75 Å². The van der Waals surface area contributed by atoms with E-state index < -0.39 is 0 Å². The predicted molar refractivity (Wildman–Crippen MR) is 124 cm³/mol.